The largest absolute Gasteiger partial charge is 0.478 e. The van der Waals surface area contributed by atoms with Crippen LogP contribution in [0, 0.1) is 23.0 Å². The van der Waals surface area contributed by atoms with Crippen LogP contribution in [0.1, 0.15) is 67.6 Å². The number of amides is 2. The maximum atomic E-state index is 13.9. The molecule has 2 aromatic carbocycles. The number of nitrogens with two attached hydrogens (primary N) is 1. The summed E-state index contributed by atoms with van der Waals surface area (Å²) in [5.41, 5.74) is 7.26. The zero-order chi connectivity index (χ0) is 27.6. The molecule has 0 radical (unpaired) electrons. The highest BCUT2D eigenvalue weighted by Crippen LogP contribution is 2.39. The number of nitrogens with zero attached hydrogens (tertiary/aromatic N) is 2. The van der Waals surface area contributed by atoms with Crippen LogP contribution in [-0.2, 0) is 14.4 Å². The molecule has 1 heterocycles. The molecule has 0 spiro atoms. The molecule has 4 rings (SSSR count). The van der Waals surface area contributed by atoms with Crippen molar-refractivity contribution in [3.05, 3.63) is 82.1 Å². The van der Waals surface area contributed by atoms with Gasteiger partial charge in [-0.1, -0.05) is 24.3 Å². The Labute approximate surface area is 218 Å². The summed E-state index contributed by atoms with van der Waals surface area (Å²) in [6.45, 7) is 1.40. The summed E-state index contributed by atoms with van der Waals surface area (Å²) in [5, 5.41) is 22.5. The number of aliphatic carboxylic acids is 1. The number of nitrogens with one attached hydrogen (secondary N) is 1. The zero-order valence-electron chi connectivity index (χ0n) is 20.8. The average Bonchev–Trinajstić information content (AvgIpc) is 2.89. The normalized spacial score (nSPS) is 22.6. The predicted molar refractivity (Wildman–Crippen MR) is 133 cm³/mol. The molecule has 2 aromatic rings. The third kappa shape index (κ3) is 5.29. The zero-order valence-corrected chi connectivity index (χ0v) is 20.8. The third-order valence-corrected chi connectivity index (χ3v) is 7.49. The van der Waals surface area contributed by atoms with Crippen LogP contribution in [0.4, 0.5) is 8.78 Å². The van der Waals surface area contributed by atoms with Crippen LogP contribution in [0.2, 0.25) is 0 Å². The minimum Gasteiger partial charge on any atom is -0.478 e. The number of allylic oxidation sites excluding steroid dienone is 1. The number of carbonyl (C=O) groups is 3. The lowest BCUT2D eigenvalue weighted by molar-refractivity contribution is -0.141. The average molecular weight is 523 g/mol. The highest BCUT2D eigenvalue weighted by molar-refractivity contribution is 5.96. The highest BCUT2D eigenvalue weighted by atomic mass is 19.2. The maximum Gasteiger partial charge on any atom is 0.333 e. The van der Waals surface area contributed by atoms with Crippen LogP contribution in [0.5, 0.6) is 0 Å². The van der Waals surface area contributed by atoms with Gasteiger partial charge in [-0.25, -0.2) is 13.6 Å². The van der Waals surface area contributed by atoms with E-state index in [0.29, 0.717) is 18.4 Å². The van der Waals surface area contributed by atoms with Crippen molar-refractivity contribution in [2.75, 3.05) is 0 Å². The fourth-order valence-electron chi connectivity index (χ4n) is 5.63. The number of carboxylic acid groups (broad SMARTS) is 1. The molecule has 1 aliphatic heterocycles. The van der Waals surface area contributed by atoms with Crippen LogP contribution in [0.25, 0.3) is 0 Å². The number of halogens is 2. The molecule has 8 nitrogen and oxygen atoms in total. The van der Waals surface area contributed by atoms with Gasteiger partial charge in [-0.3, -0.25) is 19.8 Å². The van der Waals surface area contributed by atoms with Gasteiger partial charge in [-0.05, 0) is 67.9 Å². The molecular formula is C28H28F2N4O4. The van der Waals surface area contributed by atoms with Crippen molar-refractivity contribution in [3.63, 3.8) is 0 Å². The van der Waals surface area contributed by atoms with Gasteiger partial charge in [-0.15, -0.1) is 0 Å². The molecule has 1 saturated carbocycles. The first-order valence-corrected chi connectivity index (χ1v) is 12.4. The smallest absolute Gasteiger partial charge is 0.333 e. The molecule has 198 valence electrons. The number of carboxylic acids is 1. The molecule has 0 bridgehead atoms. The monoisotopic (exact) mass is 522 g/mol. The lowest BCUT2D eigenvalue weighted by Crippen LogP contribution is -2.59. The molecule has 2 aliphatic rings. The Morgan fingerprint density at radius 2 is 1.82 bits per heavy atom. The van der Waals surface area contributed by atoms with Gasteiger partial charge in [0.25, 0.3) is 5.91 Å². The first kappa shape index (κ1) is 26.9. The fraction of sp³-hybridized carbons (Fsp3) is 0.357. The van der Waals surface area contributed by atoms with Gasteiger partial charge >= 0.3 is 5.97 Å². The van der Waals surface area contributed by atoms with Crippen LogP contribution >= 0.6 is 0 Å². The van der Waals surface area contributed by atoms with Crippen molar-refractivity contribution in [1.82, 2.24) is 10.2 Å². The molecule has 0 saturated heterocycles. The summed E-state index contributed by atoms with van der Waals surface area (Å²) in [4.78, 5) is 39.1. The van der Waals surface area contributed by atoms with E-state index in [1.807, 2.05) is 18.2 Å². The summed E-state index contributed by atoms with van der Waals surface area (Å²) in [7, 11) is 0. The van der Waals surface area contributed by atoms with E-state index in [1.165, 1.54) is 13.0 Å². The summed E-state index contributed by atoms with van der Waals surface area (Å²) in [6.07, 6.45) is 1.18. The van der Waals surface area contributed by atoms with Gasteiger partial charge < -0.3 is 10.8 Å². The van der Waals surface area contributed by atoms with Crippen LogP contribution < -0.4 is 11.1 Å². The van der Waals surface area contributed by atoms with E-state index in [0.717, 1.165) is 35.4 Å². The Hall–Kier alpha value is -4.10. The van der Waals surface area contributed by atoms with Gasteiger partial charge in [-0.2, -0.15) is 5.26 Å². The van der Waals surface area contributed by atoms with Gasteiger partial charge in [0.05, 0.1) is 17.2 Å². The summed E-state index contributed by atoms with van der Waals surface area (Å²) >= 11 is 0. The Morgan fingerprint density at radius 3 is 2.42 bits per heavy atom. The molecule has 2 amide bonds. The van der Waals surface area contributed by atoms with Crippen molar-refractivity contribution in [2.45, 2.75) is 63.1 Å². The van der Waals surface area contributed by atoms with Crippen molar-refractivity contribution in [3.8, 4) is 6.07 Å². The van der Waals surface area contributed by atoms with Gasteiger partial charge in [0.15, 0.2) is 17.8 Å². The van der Waals surface area contributed by atoms with Crippen LogP contribution in [-0.4, -0.2) is 40.0 Å². The molecule has 1 fully saturated rings. The summed E-state index contributed by atoms with van der Waals surface area (Å²) < 4.78 is 27.3. The van der Waals surface area contributed by atoms with Gasteiger partial charge in [0.2, 0.25) is 5.91 Å². The minimum atomic E-state index is -1.34. The number of carbonyl (C=O) groups excluding carboxylic acids is 2. The third-order valence-electron chi connectivity index (χ3n) is 7.49. The van der Waals surface area contributed by atoms with E-state index < -0.39 is 41.5 Å². The number of benzene rings is 2. The standard InChI is InChI=1S/C28H28F2N4O4/c1-15-25(28(37)38)21(17-8-11-22(29)23(30)12-17)13-24(35)34(15)27(26(32)36)33-19-9-6-16(7-10-19)20-5-3-2-4-18(20)14-31/h2-5,8,11-12,16,19,21,27,33H,6-7,9-10,13H2,1H3,(H2,32,36)(H,37,38). The molecular weight excluding hydrogens is 494 g/mol. The number of nitriles is 1. The van der Waals surface area contributed by atoms with Crippen molar-refractivity contribution >= 4 is 17.8 Å². The van der Waals surface area contributed by atoms with E-state index in [-0.39, 0.29) is 35.2 Å². The quantitative estimate of drug-likeness (QED) is 0.508. The fourth-order valence-corrected chi connectivity index (χ4v) is 5.63. The molecule has 2 unspecified atom stereocenters. The first-order chi connectivity index (χ1) is 18.1. The Balaban J connectivity index is 1.56. The molecule has 4 N–H and O–H groups in total. The number of hydrogen-bond acceptors (Lipinski definition) is 5. The molecule has 0 aromatic heterocycles. The van der Waals surface area contributed by atoms with E-state index in [4.69, 9.17) is 5.73 Å². The molecule has 2 atom stereocenters. The van der Waals surface area contributed by atoms with Gasteiger partial charge in [0.1, 0.15) is 0 Å². The minimum absolute atomic E-state index is 0.0106. The van der Waals surface area contributed by atoms with Gasteiger partial charge in [0, 0.05) is 24.1 Å². The second-order valence-corrected chi connectivity index (χ2v) is 9.72. The topological polar surface area (TPSA) is 137 Å². The van der Waals surface area contributed by atoms with Crippen molar-refractivity contribution in [2.24, 2.45) is 5.73 Å². The lowest BCUT2D eigenvalue weighted by Gasteiger charge is -2.40. The number of hydrogen-bond donors (Lipinski definition) is 3. The molecule has 10 heteroatoms. The number of primary amides is 1. The second kappa shape index (κ2) is 11.1. The molecule has 1 aliphatic carbocycles. The van der Waals surface area contributed by atoms with Crippen molar-refractivity contribution < 1.29 is 28.3 Å². The van der Waals surface area contributed by atoms with E-state index in [9.17, 15) is 33.5 Å². The van der Waals surface area contributed by atoms with E-state index in [2.05, 4.69) is 11.4 Å². The summed E-state index contributed by atoms with van der Waals surface area (Å²) in [6, 6.07) is 12.5. The lowest BCUT2D eigenvalue weighted by atomic mass is 9.80. The first-order valence-electron chi connectivity index (χ1n) is 12.4. The number of rotatable bonds is 7. The van der Waals surface area contributed by atoms with Crippen molar-refractivity contribution in [1.29, 1.82) is 5.26 Å². The summed E-state index contributed by atoms with van der Waals surface area (Å²) in [5.74, 6) is -5.81. The maximum absolute atomic E-state index is 13.9. The van der Waals surface area contributed by atoms with Crippen LogP contribution in [0.15, 0.2) is 53.7 Å². The highest BCUT2D eigenvalue weighted by Gasteiger charge is 2.41. The van der Waals surface area contributed by atoms with E-state index >= 15 is 0 Å². The Bertz CT molecular complexity index is 1340. The Kier molecular flexibility index (Phi) is 7.88. The van der Waals surface area contributed by atoms with Crippen LogP contribution in [0.3, 0.4) is 0 Å². The second-order valence-electron chi connectivity index (χ2n) is 9.72. The van der Waals surface area contributed by atoms with E-state index in [1.54, 1.807) is 6.07 Å². The predicted octanol–water partition coefficient (Wildman–Crippen LogP) is 3.64. The Morgan fingerprint density at radius 1 is 1.13 bits per heavy atom. The SMILES string of the molecule is CC1=C(C(=O)O)C(c2ccc(F)c(F)c2)CC(=O)N1C(NC1CCC(c2ccccc2C#N)CC1)C(N)=O. The molecule has 38 heavy (non-hydrogen) atoms.